The van der Waals surface area contributed by atoms with Crippen molar-refractivity contribution < 1.29 is 0 Å². The minimum atomic E-state index is -0.105. The molecule has 0 fully saturated rings. The molecule has 4 N–H and O–H groups in total. The summed E-state index contributed by atoms with van der Waals surface area (Å²) in [6.45, 7) is 4.07. The van der Waals surface area contributed by atoms with E-state index in [1.165, 1.54) is 0 Å². The van der Waals surface area contributed by atoms with Gasteiger partial charge in [0.25, 0.3) is 0 Å². The molecule has 0 aromatic carbocycles. The van der Waals surface area contributed by atoms with E-state index in [1.807, 2.05) is 12.1 Å². The van der Waals surface area contributed by atoms with Gasteiger partial charge in [0.05, 0.1) is 5.69 Å². The van der Waals surface area contributed by atoms with Crippen molar-refractivity contribution >= 4 is 6.08 Å². The van der Waals surface area contributed by atoms with Crippen LogP contribution in [0.15, 0.2) is 24.9 Å². The lowest BCUT2D eigenvalue weighted by Gasteiger charge is -2.08. The molecule has 0 aliphatic rings. The van der Waals surface area contributed by atoms with Crippen LogP contribution in [0.25, 0.3) is 6.08 Å². The molecule has 0 spiro atoms. The maximum absolute atomic E-state index is 5.73. The summed E-state index contributed by atoms with van der Waals surface area (Å²) < 4.78 is 0. The number of hydrogen-bond acceptors (Lipinski definition) is 3. The third kappa shape index (κ3) is 1.90. The quantitative estimate of drug-likeness (QED) is 0.688. The third-order valence-electron chi connectivity index (χ3n) is 1.70. The molecule has 1 atom stereocenters. The van der Waals surface area contributed by atoms with Crippen molar-refractivity contribution in [2.45, 2.75) is 6.04 Å². The number of hydrogen-bond donors (Lipinski definition) is 2. The second-order valence-corrected chi connectivity index (χ2v) is 2.56. The van der Waals surface area contributed by atoms with Crippen LogP contribution in [0, 0.1) is 0 Å². The zero-order chi connectivity index (χ0) is 8.97. The van der Waals surface area contributed by atoms with Gasteiger partial charge in [-0.1, -0.05) is 6.58 Å². The Balaban J connectivity index is 2.93. The van der Waals surface area contributed by atoms with Crippen LogP contribution in [-0.2, 0) is 0 Å². The fraction of sp³-hybridized carbons (Fsp3) is 0.222. The maximum Gasteiger partial charge on any atom is 0.0627 e. The van der Waals surface area contributed by atoms with Crippen molar-refractivity contribution in [3.05, 3.63) is 36.2 Å². The van der Waals surface area contributed by atoms with Gasteiger partial charge in [-0.25, -0.2) is 0 Å². The van der Waals surface area contributed by atoms with Crippen LogP contribution < -0.4 is 11.5 Å². The van der Waals surface area contributed by atoms with E-state index < -0.39 is 0 Å². The van der Waals surface area contributed by atoms with Crippen LogP contribution in [-0.4, -0.2) is 11.5 Å². The molecule has 3 nitrogen and oxygen atoms in total. The number of nitrogens with zero attached hydrogens (tertiary/aromatic N) is 1. The highest BCUT2D eigenvalue weighted by Crippen LogP contribution is 2.09. The second kappa shape index (κ2) is 3.99. The Morgan fingerprint density at radius 1 is 1.67 bits per heavy atom. The topological polar surface area (TPSA) is 64.9 Å². The SMILES string of the molecule is C=Cc1cc(C(N)CN)ccn1. The van der Waals surface area contributed by atoms with Crippen molar-refractivity contribution in [3.63, 3.8) is 0 Å². The molecule has 12 heavy (non-hydrogen) atoms. The number of pyridine rings is 1. The number of nitrogens with two attached hydrogens (primary N) is 2. The van der Waals surface area contributed by atoms with E-state index in [9.17, 15) is 0 Å². The van der Waals surface area contributed by atoms with Gasteiger partial charge in [-0.05, 0) is 23.8 Å². The van der Waals surface area contributed by atoms with Crippen LogP contribution in [0.1, 0.15) is 17.3 Å². The molecule has 0 amide bonds. The molecule has 1 aromatic rings. The summed E-state index contributed by atoms with van der Waals surface area (Å²) in [5.74, 6) is 0. The molecule has 1 rings (SSSR count). The number of rotatable bonds is 3. The van der Waals surface area contributed by atoms with Crippen molar-refractivity contribution in [1.82, 2.24) is 4.98 Å². The maximum atomic E-state index is 5.73. The summed E-state index contributed by atoms with van der Waals surface area (Å²) in [7, 11) is 0. The average Bonchev–Trinajstić information content (AvgIpc) is 2.17. The van der Waals surface area contributed by atoms with Crippen LogP contribution in [0.2, 0.25) is 0 Å². The highest BCUT2D eigenvalue weighted by molar-refractivity contribution is 5.43. The van der Waals surface area contributed by atoms with Crippen molar-refractivity contribution in [1.29, 1.82) is 0 Å². The van der Waals surface area contributed by atoms with Gasteiger partial charge in [-0.2, -0.15) is 0 Å². The molecule has 3 heteroatoms. The summed E-state index contributed by atoms with van der Waals surface area (Å²) in [6, 6.07) is 3.65. The van der Waals surface area contributed by atoms with Crippen molar-refractivity contribution in [2.24, 2.45) is 11.5 Å². The van der Waals surface area contributed by atoms with Crippen LogP contribution in [0.5, 0.6) is 0 Å². The van der Waals surface area contributed by atoms with E-state index >= 15 is 0 Å². The lowest BCUT2D eigenvalue weighted by Crippen LogP contribution is -2.20. The lowest BCUT2D eigenvalue weighted by molar-refractivity contribution is 0.735. The fourth-order valence-electron chi connectivity index (χ4n) is 0.944. The first-order valence-electron chi connectivity index (χ1n) is 3.82. The van der Waals surface area contributed by atoms with E-state index in [-0.39, 0.29) is 6.04 Å². The second-order valence-electron chi connectivity index (χ2n) is 2.56. The van der Waals surface area contributed by atoms with Crippen LogP contribution in [0.4, 0.5) is 0 Å². The zero-order valence-corrected chi connectivity index (χ0v) is 6.90. The molecule has 64 valence electrons. The Hall–Kier alpha value is -1.19. The van der Waals surface area contributed by atoms with Gasteiger partial charge >= 0.3 is 0 Å². The molecule has 0 aliphatic heterocycles. The minimum Gasteiger partial charge on any atom is -0.329 e. The van der Waals surface area contributed by atoms with E-state index in [2.05, 4.69) is 11.6 Å². The summed E-state index contributed by atoms with van der Waals surface area (Å²) >= 11 is 0. The van der Waals surface area contributed by atoms with Gasteiger partial charge in [0.2, 0.25) is 0 Å². The standard InChI is InChI=1S/C9H13N3/c1-2-8-5-7(3-4-12-8)9(11)6-10/h2-5,9H,1,6,10-11H2. The average molecular weight is 163 g/mol. The first kappa shape index (κ1) is 8.90. The predicted molar refractivity (Wildman–Crippen MR) is 50.3 cm³/mol. The lowest BCUT2D eigenvalue weighted by atomic mass is 10.1. The fourth-order valence-corrected chi connectivity index (χ4v) is 0.944. The van der Waals surface area contributed by atoms with E-state index in [4.69, 9.17) is 11.5 Å². The molecule has 0 radical (unpaired) electrons. The van der Waals surface area contributed by atoms with Crippen molar-refractivity contribution in [3.8, 4) is 0 Å². The summed E-state index contributed by atoms with van der Waals surface area (Å²) in [6.07, 6.45) is 3.40. The Morgan fingerprint density at radius 2 is 2.42 bits per heavy atom. The highest BCUT2D eigenvalue weighted by atomic mass is 14.7. The Kier molecular flexibility index (Phi) is 2.96. The Bertz CT molecular complexity index is 270. The molecule has 0 saturated heterocycles. The summed E-state index contributed by atoms with van der Waals surface area (Å²) in [5, 5.41) is 0. The van der Waals surface area contributed by atoms with Crippen molar-refractivity contribution in [2.75, 3.05) is 6.54 Å². The molecular formula is C9H13N3. The summed E-state index contributed by atoms with van der Waals surface area (Å²) in [4.78, 5) is 4.06. The summed E-state index contributed by atoms with van der Waals surface area (Å²) in [5.41, 5.74) is 13.0. The molecule has 1 aromatic heterocycles. The Morgan fingerprint density at radius 3 is 3.00 bits per heavy atom. The molecule has 0 bridgehead atoms. The highest BCUT2D eigenvalue weighted by Gasteiger charge is 2.02. The Labute approximate surface area is 72.1 Å². The minimum absolute atomic E-state index is 0.105. The van der Waals surface area contributed by atoms with E-state index in [0.717, 1.165) is 11.3 Å². The van der Waals surface area contributed by atoms with Crippen LogP contribution >= 0.6 is 0 Å². The van der Waals surface area contributed by atoms with Gasteiger partial charge in [0.15, 0.2) is 0 Å². The number of aromatic nitrogens is 1. The molecule has 0 aliphatic carbocycles. The molecule has 1 heterocycles. The van der Waals surface area contributed by atoms with Gasteiger partial charge in [-0.15, -0.1) is 0 Å². The van der Waals surface area contributed by atoms with Crippen LogP contribution in [0.3, 0.4) is 0 Å². The van der Waals surface area contributed by atoms with E-state index in [0.29, 0.717) is 6.54 Å². The molecule has 0 saturated carbocycles. The zero-order valence-electron chi connectivity index (χ0n) is 6.90. The smallest absolute Gasteiger partial charge is 0.0627 e. The normalized spacial score (nSPS) is 12.5. The predicted octanol–water partition coefficient (Wildman–Crippen LogP) is 0.683. The monoisotopic (exact) mass is 163 g/mol. The first-order valence-corrected chi connectivity index (χ1v) is 3.82. The molecular weight excluding hydrogens is 150 g/mol. The first-order chi connectivity index (χ1) is 5.77. The third-order valence-corrected chi connectivity index (χ3v) is 1.70. The van der Waals surface area contributed by atoms with Gasteiger partial charge in [0, 0.05) is 18.8 Å². The van der Waals surface area contributed by atoms with Gasteiger partial charge < -0.3 is 11.5 Å². The largest absolute Gasteiger partial charge is 0.329 e. The molecule has 1 unspecified atom stereocenters. The van der Waals surface area contributed by atoms with Gasteiger partial charge in [-0.3, -0.25) is 4.98 Å². The van der Waals surface area contributed by atoms with Gasteiger partial charge in [0.1, 0.15) is 0 Å². The van der Waals surface area contributed by atoms with E-state index in [1.54, 1.807) is 12.3 Å².